The summed E-state index contributed by atoms with van der Waals surface area (Å²) in [5.41, 5.74) is 2.55. The minimum atomic E-state index is -0.321. The van der Waals surface area contributed by atoms with Crippen LogP contribution < -0.4 is 10.1 Å². The average molecular weight is 451 g/mol. The van der Waals surface area contributed by atoms with Gasteiger partial charge in [-0.2, -0.15) is 0 Å². The number of amides is 1. The number of likely N-dealkylation sites (tertiary alicyclic amines) is 1. The van der Waals surface area contributed by atoms with Gasteiger partial charge in [0.1, 0.15) is 12.4 Å². The molecule has 1 atom stereocenters. The normalized spacial score (nSPS) is 19.1. The van der Waals surface area contributed by atoms with E-state index in [2.05, 4.69) is 71.9 Å². The molecule has 2 aliphatic rings. The van der Waals surface area contributed by atoms with Crippen molar-refractivity contribution in [1.82, 2.24) is 10.2 Å². The van der Waals surface area contributed by atoms with E-state index in [1.807, 2.05) is 25.1 Å². The van der Waals surface area contributed by atoms with Crippen LogP contribution in [0, 0.1) is 6.92 Å². The fourth-order valence-electron chi connectivity index (χ4n) is 5.23. The molecule has 1 saturated heterocycles. The molecule has 1 aliphatic carbocycles. The number of nitrogens with one attached hydrogen (secondary N) is 1. The molecule has 6 rings (SSSR count). The van der Waals surface area contributed by atoms with Gasteiger partial charge in [0, 0.05) is 11.6 Å². The Morgan fingerprint density at radius 2 is 1.74 bits per heavy atom. The van der Waals surface area contributed by atoms with Crippen LogP contribution in [0.2, 0.25) is 0 Å². The van der Waals surface area contributed by atoms with Crippen molar-refractivity contribution in [3.8, 4) is 5.75 Å². The van der Waals surface area contributed by atoms with Gasteiger partial charge < -0.3 is 10.1 Å². The Balaban J connectivity index is 1.30. The predicted octanol–water partition coefficient (Wildman–Crippen LogP) is 5.80. The van der Waals surface area contributed by atoms with Gasteiger partial charge in [-0.1, -0.05) is 54.6 Å². The molecule has 0 aromatic heterocycles. The molecule has 1 heterocycles. The first kappa shape index (κ1) is 21.2. The molecule has 0 radical (unpaired) electrons. The molecule has 2 fully saturated rings. The zero-order valence-corrected chi connectivity index (χ0v) is 19.8. The van der Waals surface area contributed by atoms with E-state index in [0.29, 0.717) is 18.2 Å². The van der Waals surface area contributed by atoms with E-state index in [4.69, 9.17) is 4.74 Å². The summed E-state index contributed by atoms with van der Waals surface area (Å²) in [7, 11) is 2.12. The van der Waals surface area contributed by atoms with Gasteiger partial charge in [-0.3, -0.25) is 9.69 Å². The van der Waals surface area contributed by atoms with Crippen LogP contribution in [0.15, 0.2) is 72.8 Å². The molecule has 0 spiro atoms. The van der Waals surface area contributed by atoms with Crippen LogP contribution in [0.3, 0.4) is 0 Å². The number of hydrogen-bond acceptors (Lipinski definition) is 3. The minimum Gasteiger partial charge on any atom is -0.492 e. The summed E-state index contributed by atoms with van der Waals surface area (Å²) >= 11 is 0. The number of likely N-dealkylation sites (N-methyl/N-ethyl adjacent to an activating group) is 1. The standard InChI is InChI=1S/C30H30N2O2/c1-20-11-12-23(34-19-22-13-16-32(22)2)18-27(20)29(33)31-30(14-15-30)28-17-21-7-3-4-8-24(21)25-9-5-6-10-26(25)28/h3-12,17-18,22H,13-16,19H2,1-2H3,(H,31,33)/t22-/m0/s1. The number of carbonyl (C=O) groups excluding carboxylic acids is 1. The molecule has 4 aromatic carbocycles. The highest BCUT2D eigenvalue weighted by atomic mass is 16.5. The molecule has 1 amide bonds. The van der Waals surface area contributed by atoms with Crippen LogP contribution in [-0.4, -0.2) is 37.0 Å². The van der Waals surface area contributed by atoms with Crippen molar-refractivity contribution in [3.05, 3.63) is 89.5 Å². The van der Waals surface area contributed by atoms with Crippen LogP contribution in [0.1, 0.15) is 40.7 Å². The number of fused-ring (bicyclic) bond motifs is 3. The molecule has 1 aliphatic heterocycles. The maximum atomic E-state index is 13.5. The fourth-order valence-corrected chi connectivity index (χ4v) is 5.23. The quantitative estimate of drug-likeness (QED) is 0.377. The molecular formula is C30H30N2O2. The van der Waals surface area contributed by atoms with Crippen molar-refractivity contribution in [2.24, 2.45) is 0 Å². The van der Waals surface area contributed by atoms with Gasteiger partial charge in [0.25, 0.3) is 5.91 Å². The number of hydrogen-bond donors (Lipinski definition) is 1. The van der Waals surface area contributed by atoms with Crippen LogP contribution in [-0.2, 0) is 5.54 Å². The predicted molar refractivity (Wildman–Crippen MR) is 138 cm³/mol. The number of ether oxygens (including phenoxy) is 1. The van der Waals surface area contributed by atoms with Gasteiger partial charge in [-0.15, -0.1) is 0 Å². The first-order valence-corrected chi connectivity index (χ1v) is 12.2. The lowest BCUT2D eigenvalue weighted by atomic mass is 9.92. The topological polar surface area (TPSA) is 41.6 Å². The Bertz CT molecular complexity index is 1410. The minimum absolute atomic E-state index is 0.0292. The van der Waals surface area contributed by atoms with Crippen molar-refractivity contribution in [2.45, 2.75) is 37.8 Å². The summed E-state index contributed by atoms with van der Waals surface area (Å²) in [5.74, 6) is 0.732. The third-order valence-electron chi connectivity index (χ3n) is 7.72. The van der Waals surface area contributed by atoms with E-state index in [0.717, 1.165) is 37.1 Å². The maximum absolute atomic E-state index is 13.5. The first-order chi connectivity index (χ1) is 16.5. The van der Waals surface area contributed by atoms with Crippen LogP contribution in [0.5, 0.6) is 5.75 Å². The summed E-state index contributed by atoms with van der Waals surface area (Å²) in [6.45, 7) is 3.78. The zero-order chi connectivity index (χ0) is 23.3. The monoisotopic (exact) mass is 450 g/mol. The lowest BCUT2D eigenvalue weighted by Crippen LogP contribution is -2.48. The second kappa shape index (κ2) is 8.14. The molecule has 4 heteroatoms. The lowest BCUT2D eigenvalue weighted by Gasteiger charge is -2.37. The molecule has 172 valence electrons. The summed E-state index contributed by atoms with van der Waals surface area (Å²) in [4.78, 5) is 15.8. The molecule has 1 N–H and O–H groups in total. The summed E-state index contributed by atoms with van der Waals surface area (Å²) in [6.07, 6.45) is 3.06. The van der Waals surface area contributed by atoms with Gasteiger partial charge in [-0.05, 0) is 90.6 Å². The second-order valence-corrected chi connectivity index (χ2v) is 9.94. The second-order valence-electron chi connectivity index (χ2n) is 9.94. The summed E-state index contributed by atoms with van der Waals surface area (Å²) in [5, 5.41) is 8.34. The Kier molecular flexibility index (Phi) is 5.07. The van der Waals surface area contributed by atoms with Crippen molar-refractivity contribution in [2.75, 3.05) is 20.2 Å². The van der Waals surface area contributed by atoms with Gasteiger partial charge in [-0.25, -0.2) is 0 Å². The number of aryl methyl sites for hydroxylation is 1. The fraction of sp³-hybridized carbons (Fsp3) is 0.300. The SMILES string of the molecule is Cc1ccc(OC[C@@H]2CCN2C)cc1C(=O)NC1(c2cc3ccccc3c3ccccc23)CC1. The molecular weight excluding hydrogens is 420 g/mol. The number of rotatable bonds is 6. The van der Waals surface area contributed by atoms with Gasteiger partial charge in [0.15, 0.2) is 0 Å². The summed E-state index contributed by atoms with van der Waals surface area (Å²) in [6, 6.07) is 25.6. The van der Waals surface area contributed by atoms with Gasteiger partial charge >= 0.3 is 0 Å². The Morgan fingerprint density at radius 3 is 2.44 bits per heavy atom. The molecule has 0 bridgehead atoms. The first-order valence-electron chi connectivity index (χ1n) is 12.2. The van der Waals surface area contributed by atoms with Gasteiger partial charge in [0.2, 0.25) is 0 Å². The number of carbonyl (C=O) groups is 1. The number of benzene rings is 4. The van der Waals surface area contributed by atoms with E-state index in [1.165, 1.54) is 27.1 Å². The highest BCUT2D eigenvalue weighted by Gasteiger charge is 2.47. The maximum Gasteiger partial charge on any atom is 0.252 e. The Labute approximate surface area is 200 Å². The Morgan fingerprint density at radius 1 is 1.00 bits per heavy atom. The van der Waals surface area contributed by atoms with Crippen LogP contribution in [0.25, 0.3) is 21.5 Å². The van der Waals surface area contributed by atoms with E-state index >= 15 is 0 Å². The smallest absolute Gasteiger partial charge is 0.252 e. The van der Waals surface area contributed by atoms with Gasteiger partial charge in [0.05, 0.1) is 5.54 Å². The summed E-state index contributed by atoms with van der Waals surface area (Å²) < 4.78 is 6.04. The third-order valence-corrected chi connectivity index (χ3v) is 7.72. The lowest BCUT2D eigenvalue weighted by molar-refractivity contribution is 0.0767. The van der Waals surface area contributed by atoms with E-state index in [-0.39, 0.29) is 11.4 Å². The number of nitrogens with zero attached hydrogens (tertiary/aromatic N) is 1. The van der Waals surface area contributed by atoms with Crippen molar-refractivity contribution >= 4 is 27.5 Å². The van der Waals surface area contributed by atoms with Crippen LogP contribution in [0.4, 0.5) is 0 Å². The molecule has 4 aromatic rings. The van der Waals surface area contributed by atoms with E-state index < -0.39 is 0 Å². The van der Waals surface area contributed by atoms with E-state index in [1.54, 1.807) is 0 Å². The third kappa shape index (κ3) is 3.63. The van der Waals surface area contributed by atoms with Crippen molar-refractivity contribution < 1.29 is 9.53 Å². The highest BCUT2D eigenvalue weighted by molar-refractivity contribution is 6.09. The molecule has 34 heavy (non-hydrogen) atoms. The molecule has 4 nitrogen and oxygen atoms in total. The molecule has 1 saturated carbocycles. The largest absolute Gasteiger partial charge is 0.492 e. The van der Waals surface area contributed by atoms with Crippen LogP contribution >= 0.6 is 0 Å². The van der Waals surface area contributed by atoms with Crippen molar-refractivity contribution in [1.29, 1.82) is 0 Å². The van der Waals surface area contributed by atoms with Crippen molar-refractivity contribution in [3.63, 3.8) is 0 Å². The molecule has 0 unspecified atom stereocenters. The van der Waals surface area contributed by atoms with E-state index in [9.17, 15) is 4.79 Å². The highest BCUT2D eigenvalue weighted by Crippen LogP contribution is 2.49. The average Bonchev–Trinajstić information content (AvgIpc) is 3.63. The Hall–Kier alpha value is -3.37. The zero-order valence-electron chi connectivity index (χ0n) is 19.8.